The second-order valence-corrected chi connectivity index (χ2v) is 8.65. The molecule has 4 rings (SSSR count). The van der Waals surface area contributed by atoms with E-state index in [1.54, 1.807) is 7.11 Å². The van der Waals surface area contributed by atoms with Crippen LogP contribution in [0.2, 0.25) is 0 Å². The van der Waals surface area contributed by atoms with Gasteiger partial charge in [0.15, 0.2) is 0 Å². The van der Waals surface area contributed by atoms with Crippen LogP contribution in [-0.2, 0) is 24.4 Å². The molecule has 0 spiro atoms. The molecule has 2 aromatic carbocycles. The second-order valence-electron chi connectivity index (χ2n) is 8.65. The number of nitrogens with one attached hydrogen (secondary N) is 1. The number of amides is 1. The van der Waals surface area contributed by atoms with E-state index in [1.165, 1.54) is 5.56 Å². The largest absolute Gasteiger partial charge is 0.497 e. The molecule has 1 N–H and O–H groups in total. The Kier molecular flexibility index (Phi) is 5.04. The molecule has 1 aromatic heterocycles. The molecular weight excluding hydrogens is 364 g/mol. The summed E-state index contributed by atoms with van der Waals surface area (Å²) in [5.41, 5.74) is 3.69. The molecular formula is C23H28N4O2. The van der Waals surface area contributed by atoms with Crippen LogP contribution in [0.3, 0.4) is 0 Å². The highest BCUT2D eigenvalue weighted by molar-refractivity contribution is 5.96. The van der Waals surface area contributed by atoms with Crippen LogP contribution in [-0.4, -0.2) is 34.0 Å². The third-order valence-corrected chi connectivity index (χ3v) is 5.34. The number of aromatic nitrogens is 2. The van der Waals surface area contributed by atoms with Crippen molar-refractivity contribution in [1.82, 2.24) is 14.5 Å². The van der Waals surface area contributed by atoms with Crippen molar-refractivity contribution < 1.29 is 9.53 Å². The lowest BCUT2D eigenvalue weighted by Crippen LogP contribution is -2.33. The molecule has 0 fully saturated rings. The van der Waals surface area contributed by atoms with E-state index >= 15 is 0 Å². The summed E-state index contributed by atoms with van der Waals surface area (Å²) in [4.78, 5) is 19.5. The first-order valence-electron chi connectivity index (χ1n) is 9.99. The van der Waals surface area contributed by atoms with Gasteiger partial charge in [0.05, 0.1) is 24.7 Å². The fourth-order valence-corrected chi connectivity index (χ4v) is 3.59. The van der Waals surface area contributed by atoms with Crippen LogP contribution in [0.25, 0.3) is 11.0 Å². The average molecular weight is 393 g/mol. The number of methoxy groups -OCH3 is 1. The van der Waals surface area contributed by atoms with Crippen LogP contribution in [0.15, 0.2) is 42.5 Å². The molecule has 1 aliphatic heterocycles. The summed E-state index contributed by atoms with van der Waals surface area (Å²) in [6.07, 6.45) is 0. The molecule has 0 saturated heterocycles. The highest BCUT2D eigenvalue weighted by atomic mass is 16.5. The van der Waals surface area contributed by atoms with Gasteiger partial charge in [0, 0.05) is 30.7 Å². The number of benzene rings is 2. The van der Waals surface area contributed by atoms with E-state index in [9.17, 15) is 4.79 Å². The zero-order valence-electron chi connectivity index (χ0n) is 17.5. The topological polar surface area (TPSA) is 59.4 Å². The summed E-state index contributed by atoms with van der Waals surface area (Å²) in [7, 11) is 1.68. The van der Waals surface area contributed by atoms with E-state index in [-0.39, 0.29) is 5.91 Å². The molecule has 0 atom stereocenters. The average Bonchev–Trinajstić information content (AvgIpc) is 3.04. The van der Waals surface area contributed by atoms with Gasteiger partial charge in [-0.25, -0.2) is 4.98 Å². The number of hydrogen-bond acceptors (Lipinski definition) is 4. The van der Waals surface area contributed by atoms with Crippen LogP contribution in [0.1, 0.15) is 32.2 Å². The molecule has 0 saturated carbocycles. The standard InChI is InChI=1S/C23H28N4O2/c1-23(2,3)22(28)24-17-7-10-20-19(13-17)25-21-15-26(11-12-27(20)21)14-16-5-8-18(29-4)9-6-16/h5-10,13H,11-12,14-15H2,1-4H3,(H,24,28). The fraction of sp³-hybridized carbons (Fsp3) is 0.391. The van der Waals surface area contributed by atoms with E-state index in [0.29, 0.717) is 0 Å². The zero-order chi connectivity index (χ0) is 20.6. The van der Waals surface area contributed by atoms with Crippen molar-refractivity contribution in [3.63, 3.8) is 0 Å². The molecule has 152 valence electrons. The van der Waals surface area contributed by atoms with Crippen LogP contribution in [0.4, 0.5) is 5.69 Å². The summed E-state index contributed by atoms with van der Waals surface area (Å²) in [6, 6.07) is 14.2. The van der Waals surface area contributed by atoms with E-state index in [4.69, 9.17) is 9.72 Å². The van der Waals surface area contributed by atoms with Gasteiger partial charge in [0.1, 0.15) is 11.6 Å². The summed E-state index contributed by atoms with van der Waals surface area (Å²) in [5, 5.41) is 3.00. The minimum Gasteiger partial charge on any atom is -0.497 e. The Morgan fingerprint density at radius 2 is 1.90 bits per heavy atom. The van der Waals surface area contributed by atoms with Gasteiger partial charge >= 0.3 is 0 Å². The van der Waals surface area contributed by atoms with Crippen LogP contribution >= 0.6 is 0 Å². The number of rotatable bonds is 4. The predicted molar refractivity (Wildman–Crippen MR) is 115 cm³/mol. The fourth-order valence-electron chi connectivity index (χ4n) is 3.59. The summed E-state index contributed by atoms with van der Waals surface area (Å²) in [5.74, 6) is 1.95. The number of carbonyl (C=O) groups is 1. The number of nitrogens with zero attached hydrogens (tertiary/aromatic N) is 3. The Bertz CT molecular complexity index is 1030. The van der Waals surface area contributed by atoms with Gasteiger partial charge in [-0.3, -0.25) is 9.69 Å². The lowest BCUT2D eigenvalue weighted by Gasteiger charge is -2.27. The SMILES string of the molecule is COc1ccc(CN2CCn3c(nc4cc(NC(=O)C(C)(C)C)ccc43)C2)cc1. The maximum Gasteiger partial charge on any atom is 0.229 e. The van der Waals surface area contributed by atoms with Gasteiger partial charge in [-0.2, -0.15) is 0 Å². The van der Waals surface area contributed by atoms with E-state index < -0.39 is 5.41 Å². The number of imidazole rings is 1. The molecule has 0 radical (unpaired) electrons. The van der Waals surface area contributed by atoms with E-state index in [0.717, 1.165) is 54.5 Å². The van der Waals surface area contributed by atoms with Crippen molar-refractivity contribution in [3.8, 4) is 5.75 Å². The molecule has 0 aliphatic carbocycles. The number of ether oxygens (including phenoxy) is 1. The van der Waals surface area contributed by atoms with Gasteiger partial charge in [0.25, 0.3) is 0 Å². The summed E-state index contributed by atoms with van der Waals surface area (Å²) >= 11 is 0. The number of anilines is 1. The Balaban J connectivity index is 1.50. The number of hydrogen-bond donors (Lipinski definition) is 1. The van der Waals surface area contributed by atoms with Crippen LogP contribution in [0.5, 0.6) is 5.75 Å². The zero-order valence-corrected chi connectivity index (χ0v) is 17.5. The number of carbonyl (C=O) groups excluding carboxylic acids is 1. The lowest BCUT2D eigenvalue weighted by atomic mass is 9.95. The first kappa shape index (κ1) is 19.5. The molecule has 0 bridgehead atoms. The smallest absolute Gasteiger partial charge is 0.229 e. The first-order chi connectivity index (χ1) is 13.8. The maximum absolute atomic E-state index is 12.3. The Morgan fingerprint density at radius 3 is 2.59 bits per heavy atom. The minimum absolute atomic E-state index is 0.00601. The number of fused-ring (bicyclic) bond motifs is 3. The van der Waals surface area contributed by atoms with Crippen molar-refractivity contribution in [2.75, 3.05) is 19.0 Å². The van der Waals surface area contributed by atoms with Crippen molar-refractivity contribution >= 4 is 22.6 Å². The Hall–Kier alpha value is -2.86. The molecule has 0 unspecified atom stereocenters. The Labute approximate surface area is 171 Å². The van der Waals surface area contributed by atoms with Crippen molar-refractivity contribution in [2.45, 2.75) is 40.4 Å². The summed E-state index contributed by atoms with van der Waals surface area (Å²) < 4.78 is 7.53. The van der Waals surface area contributed by atoms with Gasteiger partial charge < -0.3 is 14.6 Å². The molecule has 29 heavy (non-hydrogen) atoms. The lowest BCUT2D eigenvalue weighted by molar-refractivity contribution is -0.123. The molecule has 1 aliphatic rings. The monoisotopic (exact) mass is 392 g/mol. The minimum atomic E-state index is -0.426. The van der Waals surface area contributed by atoms with E-state index in [2.05, 4.69) is 33.0 Å². The second kappa shape index (κ2) is 7.52. The van der Waals surface area contributed by atoms with Gasteiger partial charge in [-0.1, -0.05) is 32.9 Å². The third kappa shape index (κ3) is 4.12. The van der Waals surface area contributed by atoms with Crippen molar-refractivity contribution in [3.05, 3.63) is 53.9 Å². The first-order valence-corrected chi connectivity index (χ1v) is 9.99. The summed E-state index contributed by atoms with van der Waals surface area (Å²) in [6.45, 7) is 9.32. The quantitative estimate of drug-likeness (QED) is 0.728. The van der Waals surface area contributed by atoms with Gasteiger partial charge in [-0.15, -0.1) is 0 Å². The van der Waals surface area contributed by atoms with Crippen molar-refractivity contribution in [2.24, 2.45) is 5.41 Å². The maximum atomic E-state index is 12.3. The van der Waals surface area contributed by atoms with Gasteiger partial charge in [0.2, 0.25) is 5.91 Å². The highest BCUT2D eigenvalue weighted by Crippen LogP contribution is 2.26. The molecule has 6 heteroatoms. The van der Waals surface area contributed by atoms with Crippen molar-refractivity contribution in [1.29, 1.82) is 0 Å². The highest BCUT2D eigenvalue weighted by Gasteiger charge is 2.23. The Morgan fingerprint density at radius 1 is 1.14 bits per heavy atom. The van der Waals surface area contributed by atoms with Gasteiger partial charge in [-0.05, 0) is 35.9 Å². The van der Waals surface area contributed by atoms with Crippen LogP contribution < -0.4 is 10.1 Å². The normalized spacial score (nSPS) is 14.6. The molecule has 3 aromatic rings. The molecule has 6 nitrogen and oxygen atoms in total. The van der Waals surface area contributed by atoms with Crippen LogP contribution in [0, 0.1) is 5.41 Å². The molecule has 2 heterocycles. The van der Waals surface area contributed by atoms with E-state index in [1.807, 2.05) is 45.0 Å². The predicted octanol–water partition coefficient (Wildman–Crippen LogP) is 4.05. The molecule has 1 amide bonds. The third-order valence-electron chi connectivity index (χ3n) is 5.34.